The van der Waals surface area contributed by atoms with Gasteiger partial charge in [-0.15, -0.1) is 0 Å². The molecule has 6 amide bonds. The minimum absolute atomic E-state index is 0.0510. The number of phenols is 2. The van der Waals surface area contributed by atoms with Gasteiger partial charge in [0, 0.05) is 87.3 Å². The summed E-state index contributed by atoms with van der Waals surface area (Å²) in [6, 6.07) is 2.03. The van der Waals surface area contributed by atoms with Gasteiger partial charge >= 0.3 is 0 Å². The largest absolute Gasteiger partial charge is 0.507 e. The number of phenolic OH excluding ortho intramolecular Hbond substituents is 2. The normalized spacial score (nSPS) is 25.3. The molecule has 4 aliphatic heterocycles. The minimum atomic E-state index is -2.38. The number of imide groups is 1. The van der Waals surface area contributed by atoms with Crippen LogP contribution in [0.3, 0.4) is 0 Å². The second-order valence-electron chi connectivity index (χ2n) is 21.1. The van der Waals surface area contributed by atoms with Crippen molar-refractivity contribution in [2.75, 3.05) is 99.9 Å². The second-order valence-corrected chi connectivity index (χ2v) is 21.1. The first-order valence-electron chi connectivity index (χ1n) is 27.7. The maximum Gasteiger partial charge on any atom is 0.253 e. The maximum atomic E-state index is 14.3. The lowest BCUT2D eigenvalue weighted by molar-refractivity contribution is -0.256. The van der Waals surface area contributed by atoms with Gasteiger partial charge < -0.3 is 84.0 Å². The molecule has 6 aliphatic rings. The van der Waals surface area contributed by atoms with Gasteiger partial charge in [-0.25, -0.2) is 0 Å². The molecule has 0 bridgehead atoms. The monoisotopic (exact) mass is 1170 g/mol. The van der Waals surface area contributed by atoms with Crippen LogP contribution in [0.5, 0.6) is 17.2 Å². The molecule has 2 aliphatic carbocycles. The first-order chi connectivity index (χ1) is 39.8. The van der Waals surface area contributed by atoms with Crippen molar-refractivity contribution in [3.8, 4) is 17.2 Å². The first kappa shape index (κ1) is 62.5. The molecule has 0 aromatic heterocycles. The predicted molar refractivity (Wildman–Crippen MR) is 286 cm³/mol. The number of carbonyl (C=O) groups excluding carboxylic acids is 8. The smallest absolute Gasteiger partial charge is 0.253 e. The highest BCUT2D eigenvalue weighted by Crippen LogP contribution is 2.53. The molecule has 0 unspecified atom stereocenters. The van der Waals surface area contributed by atoms with Crippen molar-refractivity contribution >= 4 is 47.0 Å². The molecule has 454 valence electrons. The van der Waals surface area contributed by atoms with E-state index in [2.05, 4.69) is 26.2 Å². The van der Waals surface area contributed by atoms with Gasteiger partial charge in [0.05, 0.1) is 102 Å². The number of aliphatic hydroxyl groups is 1. The molecule has 7 N–H and O–H groups in total. The standard InChI is InChI=1S/C56H74N6O21/c1-29(2)45(60-37(63)12-17-76-20-22-78-24-25-79-23-21-77-18-15-62-38(64)10-11-39(62)65)52(71)59-30(3)51(70)57-13-14-58-55(72)56(73)27-33-42(49(69)44-43(47(33)67)46(66)32-8-7-9-35(74-5)41(32)48(44)68)36(28-56)82-40-26-34-50(31(4)81-40)83-53-54(75-6)80-19-16-61(34)53/h7-11,29-31,34,36,40,45,50,53-54,67,69,73H,12-28H2,1-6H3,(H,57,70)(H,58,72)(H,59,71)(H,60,63)/t30-,31-,34-,36-,40-,45-,50+,53+,54-,56-/m0/s1. The molecule has 2 aromatic rings. The number of benzene rings is 2. The zero-order valence-electron chi connectivity index (χ0n) is 47.3. The summed E-state index contributed by atoms with van der Waals surface area (Å²) in [6.45, 7) is 9.20. The molecular formula is C56H74N6O21. The molecule has 83 heavy (non-hydrogen) atoms. The van der Waals surface area contributed by atoms with Gasteiger partial charge in [0.25, 0.3) is 17.7 Å². The zero-order valence-corrected chi connectivity index (χ0v) is 47.3. The first-order valence-corrected chi connectivity index (χ1v) is 27.7. The Hall–Kier alpha value is -6.50. The number of aromatic hydroxyl groups is 2. The molecule has 0 spiro atoms. The Labute approximate surface area is 478 Å². The fourth-order valence-corrected chi connectivity index (χ4v) is 11.1. The van der Waals surface area contributed by atoms with Gasteiger partial charge in [-0.1, -0.05) is 26.0 Å². The summed E-state index contributed by atoms with van der Waals surface area (Å²) in [5.41, 5.74) is -3.93. The SMILES string of the molecule is COc1cccc2c1C(=O)c1c(O)c3c(c(O)c1C2=O)C[C@@](O)(C(=O)NCCNC(=O)[C@H](C)NC(=O)[C@@H](NC(=O)CCOCCOCCOCCOCCN1C(=O)C=CC1=O)C(C)C)C[C@@H]3O[C@H]1C[C@H]2[C@H](O[C@@H]3[C@@H](OC)OCCN32)[C@H](C)O1. The van der Waals surface area contributed by atoms with E-state index < -0.39 is 125 Å². The lowest BCUT2D eigenvalue weighted by atomic mass is 9.72. The van der Waals surface area contributed by atoms with Gasteiger partial charge in [0.1, 0.15) is 41.0 Å². The van der Waals surface area contributed by atoms with Crippen molar-refractivity contribution in [1.29, 1.82) is 0 Å². The summed E-state index contributed by atoms with van der Waals surface area (Å²) in [5, 5.41) is 47.1. The third-order valence-corrected chi connectivity index (χ3v) is 15.3. The van der Waals surface area contributed by atoms with Crippen molar-refractivity contribution < 1.29 is 101 Å². The second kappa shape index (κ2) is 27.9. The van der Waals surface area contributed by atoms with Gasteiger partial charge in [0.15, 0.2) is 24.6 Å². The number of hydrogen-bond acceptors (Lipinski definition) is 22. The molecule has 2 aromatic carbocycles. The number of carbonyl (C=O) groups is 8. The number of ketones is 2. The topological polar surface area (TPSA) is 344 Å². The molecular weight excluding hydrogens is 1090 g/mol. The number of amides is 6. The fourth-order valence-electron chi connectivity index (χ4n) is 11.1. The van der Waals surface area contributed by atoms with Crippen molar-refractivity contribution in [2.45, 2.75) is 114 Å². The van der Waals surface area contributed by atoms with Crippen LogP contribution in [-0.4, -0.2) is 227 Å². The van der Waals surface area contributed by atoms with Crippen LogP contribution in [0.15, 0.2) is 30.4 Å². The number of rotatable bonds is 28. The van der Waals surface area contributed by atoms with Crippen LogP contribution in [0.4, 0.5) is 0 Å². The van der Waals surface area contributed by atoms with Crippen LogP contribution in [0.25, 0.3) is 0 Å². The molecule has 3 saturated heterocycles. The van der Waals surface area contributed by atoms with Gasteiger partial charge in [-0.2, -0.15) is 0 Å². The van der Waals surface area contributed by atoms with E-state index in [0.717, 1.165) is 4.90 Å². The van der Waals surface area contributed by atoms with Gasteiger partial charge in [-0.05, 0) is 25.8 Å². The Morgan fingerprint density at radius 2 is 1.45 bits per heavy atom. The summed E-state index contributed by atoms with van der Waals surface area (Å²) in [7, 11) is 2.84. The van der Waals surface area contributed by atoms with Crippen LogP contribution < -0.4 is 26.0 Å². The van der Waals surface area contributed by atoms with E-state index in [1.807, 2.05) is 0 Å². The van der Waals surface area contributed by atoms with Crippen molar-refractivity contribution in [2.24, 2.45) is 5.92 Å². The average Bonchev–Trinajstić information content (AvgIpc) is 4.15. The molecule has 27 nitrogen and oxygen atoms in total. The quantitative estimate of drug-likeness (QED) is 0.0271. The van der Waals surface area contributed by atoms with E-state index in [9.17, 15) is 53.7 Å². The van der Waals surface area contributed by atoms with Crippen LogP contribution >= 0.6 is 0 Å². The van der Waals surface area contributed by atoms with E-state index in [1.165, 1.54) is 51.5 Å². The van der Waals surface area contributed by atoms with Crippen LogP contribution in [0.1, 0.15) is 96.0 Å². The highest BCUT2D eigenvalue weighted by molar-refractivity contribution is 6.31. The number of ether oxygens (including phenoxy) is 10. The molecule has 3 fully saturated rings. The van der Waals surface area contributed by atoms with E-state index in [0.29, 0.717) is 26.4 Å². The summed E-state index contributed by atoms with van der Waals surface area (Å²) in [5.74, 6) is -6.70. The number of nitrogens with zero attached hydrogens (tertiary/aromatic N) is 2. The molecule has 27 heteroatoms. The molecule has 10 atom stereocenters. The Morgan fingerprint density at radius 1 is 0.795 bits per heavy atom. The van der Waals surface area contributed by atoms with E-state index >= 15 is 0 Å². The average molecular weight is 1170 g/mol. The number of methoxy groups -OCH3 is 2. The number of morpholine rings is 1. The van der Waals surface area contributed by atoms with Crippen LogP contribution in [-0.2, 0) is 77.8 Å². The van der Waals surface area contributed by atoms with Gasteiger partial charge in [-0.3, -0.25) is 48.2 Å². The third kappa shape index (κ3) is 14.0. The summed E-state index contributed by atoms with van der Waals surface area (Å²) < 4.78 is 57.8. The Bertz CT molecular complexity index is 2780. The summed E-state index contributed by atoms with van der Waals surface area (Å²) in [4.78, 5) is 108. The lowest BCUT2D eigenvalue weighted by Crippen LogP contribution is -2.56. The maximum absolute atomic E-state index is 14.3. The Kier molecular flexibility index (Phi) is 21.0. The number of hydrogen-bond donors (Lipinski definition) is 7. The zero-order chi connectivity index (χ0) is 59.7. The number of fused-ring (bicyclic) bond motifs is 6. The lowest BCUT2D eigenvalue weighted by Gasteiger charge is -2.43. The number of nitrogens with one attached hydrogen (secondary N) is 4. The molecule has 0 saturated carbocycles. The van der Waals surface area contributed by atoms with Crippen molar-refractivity contribution in [3.63, 3.8) is 0 Å². The third-order valence-electron chi connectivity index (χ3n) is 15.3. The van der Waals surface area contributed by atoms with Gasteiger partial charge in [0.2, 0.25) is 23.5 Å². The molecule has 8 rings (SSSR count). The molecule has 4 heterocycles. The van der Waals surface area contributed by atoms with Crippen LogP contribution in [0.2, 0.25) is 0 Å². The predicted octanol–water partition coefficient (Wildman–Crippen LogP) is -0.591. The fraction of sp³-hybridized carbons (Fsp3) is 0.607. The van der Waals surface area contributed by atoms with Crippen LogP contribution in [0, 0.1) is 5.92 Å². The highest BCUT2D eigenvalue weighted by Gasteiger charge is 2.55. The van der Waals surface area contributed by atoms with Crippen molar-refractivity contribution in [1.82, 2.24) is 31.1 Å². The Morgan fingerprint density at radius 3 is 2.11 bits per heavy atom. The Balaban J connectivity index is 0.809. The van der Waals surface area contributed by atoms with Crippen molar-refractivity contribution in [3.05, 3.63) is 63.7 Å². The van der Waals surface area contributed by atoms with E-state index in [-0.39, 0.29) is 124 Å². The molecule has 0 radical (unpaired) electrons. The van der Waals surface area contributed by atoms with E-state index in [1.54, 1.807) is 20.8 Å². The highest BCUT2D eigenvalue weighted by atomic mass is 16.7. The minimum Gasteiger partial charge on any atom is -0.507 e. The van der Waals surface area contributed by atoms with E-state index in [4.69, 9.17) is 47.4 Å². The summed E-state index contributed by atoms with van der Waals surface area (Å²) >= 11 is 0. The summed E-state index contributed by atoms with van der Waals surface area (Å²) in [6.07, 6.45) is -3.20.